The minimum absolute atomic E-state index is 0.0582. The fourth-order valence-electron chi connectivity index (χ4n) is 2.28. The van der Waals surface area contributed by atoms with Crippen molar-refractivity contribution < 1.29 is 9.32 Å². The summed E-state index contributed by atoms with van der Waals surface area (Å²) in [5.74, 6) is 1.77. The van der Waals surface area contributed by atoms with E-state index < -0.39 is 0 Å². The van der Waals surface area contributed by atoms with Crippen molar-refractivity contribution in [2.45, 2.75) is 17.9 Å². The molecule has 25 heavy (non-hydrogen) atoms. The van der Waals surface area contributed by atoms with Gasteiger partial charge in [-0.2, -0.15) is 4.98 Å². The van der Waals surface area contributed by atoms with Gasteiger partial charge in [0.05, 0.1) is 6.54 Å². The normalized spacial score (nSPS) is 10.6. The van der Waals surface area contributed by atoms with Gasteiger partial charge in [0.15, 0.2) is 0 Å². The molecule has 0 bridgehead atoms. The summed E-state index contributed by atoms with van der Waals surface area (Å²) >= 11 is 1.67. The molecule has 2 aromatic carbocycles. The average Bonchev–Trinajstić information content (AvgIpc) is 3.12. The Morgan fingerprint density at radius 3 is 2.48 bits per heavy atom. The van der Waals surface area contributed by atoms with Crippen molar-refractivity contribution >= 4 is 17.7 Å². The second-order valence-electron chi connectivity index (χ2n) is 5.54. The van der Waals surface area contributed by atoms with Gasteiger partial charge in [-0.25, -0.2) is 0 Å². The van der Waals surface area contributed by atoms with Crippen LogP contribution in [0.1, 0.15) is 12.3 Å². The highest BCUT2D eigenvalue weighted by Gasteiger charge is 2.14. The lowest BCUT2D eigenvalue weighted by Crippen LogP contribution is -2.26. The molecule has 0 aliphatic carbocycles. The highest BCUT2D eigenvalue weighted by Crippen LogP contribution is 2.19. The van der Waals surface area contributed by atoms with E-state index in [1.54, 1.807) is 23.7 Å². The topological polar surface area (TPSA) is 59.2 Å². The second kappa shape index (κ2) is 8.48. The lowest BCUT2D eigenvalue weighted by Gasteiger charge is -2.14. The Hall–Kier alpha value is -2.60. The van der Waals surface area contributed by atoms with Crippen molar-refractivity contribution in [3.63, 3.8) is 0 Å². The van der Waals surface area contributed by atoms with Crippen LogP contribution in [0.15, 0.2) is 70.1 Å². The molecule has 3 rings (SSSR count). The van der Waals surface area contributed by atoms with Crippen LogP contribution >= 0.6 is 11.8 Å². The van der Waals surface area contributed by atoms with E-state index in [0.717, 1.165) is 11.3 Å². The first kappa shape index (κ1) is 17.2. The molecule has 0 unspecified atom stereocenters. The Labute approximate surface area is 151 Å². The molecule has 0 saturated carbocycles. The van der Waals surface area contributed by atoms with Crippen LogP contribution in [0.5, 0.6) is 0 Å². The van der Waals surface area contributed by atoms with E-state index >= 15 is 0 Å². The molecule has 6 heteroatoms. The van der Waals surface area contributed by atoms with Crippen LogP contribution in [0.25, 0.3) is 11.4 Å². The lowest BCUT2D eigenvalue weighted by molar-refractivity contribution is -0.130. The molecular weight excluding hydrogens is 334 g/mol. The van der Waals surface area contributed by atoms with Gasteiger partial charge in [-0.15, -0.1) is 11.8 Å². The van der Waals surface area contributed by atoms with Crippen LogP contribution in [0.2, 0.25) is 0 Å². The summed E-state index contributed by atoms with van der Waals surface area (Å²) in [6.07, 6.45) is 0.468. The van der Waals surface area contributed by atoms with Gasteiger partial charge in [0, 0.05) is 29.7 Å². The molecule has 0 spiro atoms. The van der Waals surface area contributed by atoms with Gasteiger partial charge in [-0.1, -0.05) is 53.7 Å². The third kappa shape index (κ3) is 4.93. The summed E-state index contributed by atoms with van der Waals surface area (Å²) in [6.45, 7) is 0.314. The van der Waals surface area contributed by atoms with Gasteiger partial charge >= 0.3 is 0 Å². The summed E-state index contributed by atoms with van der Waals surface area (Å²) in [7, 11) is 1.75. The third-order valence-corrected chi connectivity index (χ3v) is 4.64. The van der Waals surface area contributed by atoms with Gasteiger partial charge in [-0.3, -0.25) is 4.79 Å². The molecule has 3 aromatic rings. The number of hydrogen-bond acceptors (Lipinski definition) is 5. The Balaban J connectivity index is 1.49. The van der Waals surface area contributed by atoms with Crippen molar-refractivity contribution in [2.24, 2.45) is 0 Å². The largest absolute Gasteiger partial charge is 0.337 e. The van der Waals surface area contributed by atoms with Crippen LogP contribution < -0.4 is 0 Å². The summed E-state index contributed by atoms with van der Waals surface area (Å²) < 4.78 is 5.25. The van der Waals surface area contributed by atoms with Crippen molar-refractivity contribution in [2.75, 3.05) is 12.8 Å². The number of amides is 1. The molecule has 1 heterocycles. The average molecular weight is 353 g/mol. The fraction of sp³-hybridized carbons (Fsp3) is 0.211. The second-order valence-corrected chi connectivity index (χ2v) is 6.71. The van der Waals surface area contributed by atoms with E-state index in [9.17, 15) is 4.79 Å². The van der Waals surface area contributed by atoms with Crippen molar-refractivity contribution in [1.29, 1.82) is 0 Å². The van der Waals surface area contributed by atoms with Gasteiger partial charge in [0.1, 0.15) is 0 Å². The highest BCUT2D eigenvalue weighted by molar-refractivity contribution is 7.99. The number of benzene rings is 2. The number of carbonyl (C=O) groups excluding carboxylic acids is 1. The number of aromatic nitrogens is 2. The molecule has 0 radical (unpaired) electrons. The van der Waals surface area contributed by atoms with E-state index in [1.165, 1.54) is 4.90 Å². The lowest BCUT2D eigenvalue weighted by atomic mass is 10.2. The minimum Gasteiger partial charge on any atom is -0.337 e. The van der Waals surface area contributed by atoms with E-state index in [-0.39, 0.29) is 5.91 Å². The van der Waals surface area contributed by atoms with E-state index in [2.05, 4.69) is 10.1 Å². The van der Waals surface area contributed by atoms with E-state index in [1.807, 2.05) is 60.7 Å². The maximum absolute atomic E-state index is 12.2. The zero-order valence-corrected chi connectivity index (χ0v) is 14.8. The zero-order chi connectivity index (χ0) is 17.5. The summed E-state index contributed by atoms with van der Waals surface area (Å²) in [5, 5.41) is 3.97. The Morgan fingerprint density at radius 1 is 1.08 bits per heavy atom. The molecule has 128 valence electrons. The number of hydrogen-bond donors (Lipinski definition) is 0. The predicted octanol–water partition coefficient (Wildman–Crippen LogP) is 3.88. The molecular formula is C19H19N3O2S. The monoisotopic (exact) mass is 353 g/mol. The first-order chi connectivity index (χ1) is 12.2. The number of nitrogens with zero attached hydrogens (tertiary/aromatic N) is 3. The SMILES string of the molecule is CN(Cc1nc(-c2ccccc2)no1)C(=O)CCSc1ccccc1. The Morgan fingerprint density at radius 2 is 1.76 bits per heavy atom. The molecule has 1 aromatic heterocycles. The summed E-state index contributed by atoms with van der Waals surface area (Å²) in [5.41, 5.74) is 0.894. The van der Waals surface area contributed by atoms with Crippen LogP contribution in [0.3, 0.4) is 0 Å². The number of rotatable bonds is 7. The molecule has 0 N–H and O–H groups in total. The Kier molecular flexibility index (Phi) is 5.85. The quantitative estimate of drug-likeness (QED) is 0.603. The maximum Gasteiger partial charge on any atom is 0.246 e. The zero-order valence-electron chi connectivity index (χ0n) is 14.0. The van der Waals surface area contributed by atoms with Gasteiger partial charge in [0.25, 0.3) is 0 Å². The van der Waals surface area contributed by atoms with Crippen molar-refractivity contribution in [3.05, 3.63) is 66.6 Å². The fourth-order valence-corrected chi connectivity index (χ4v) is 3.14. The third-order valence-electron chi connectivity index (χ3n) is 3.63. The Bertz CT molecular complexity index is 806. The first-order valence-corrected chi connectivity index (χ1v) is 9.01. The molecule has 0 atom stereocenters. The summed E-state index contributed by atoms with van der Waals surface area (Å²) in [4.78, 5) is 19.4. The molecule has 0 aliphatic heterocycles. The highest BCUT2D eigenvalue weighted by atomic mass is 32.2. The van der Waals surface area contributed by atoms with E-state index in [0.29, 0.717) is 24.7 Å². The maximum atomic E-state index is 12.2. The van der Waals surface area contributed by atoms with Gasteiger partial charge in [0.2, 0.25) is 17.6 Å². The van der Waals surface area contributed by atoms with Crippen molar-refractivity contribution in [1.82, 2.24) is 15.0 Å². The van der Waals surface area contributed by atoms with E-state index in [4.69, 9.17) is 4.52 Å². The van der Waals surface area contributed by atoms with Gasteiger partial charge in [-0.05, 0) is 12.1 Å². The van der Waals surface area contributed by atoms with Gasteiger partial charge < -0.3 is 9.42 Å². The summed E-state index contributed by atoms with van der Waals surface area (Å²) in [6, 6.07) is 19.7. The standard InChI is InChI=1S/C19H19N3O2S/c1-22(18(23)12-13-25-16-10-6-3-7-11-16)14-17-20-19(21-24-17)15-8-4-2-5-9-15/h2-11H,12-14H2,1H3. The molecule has 0 fully saturated rings. The van der Waals surface area contributed by atoms with Crippen LogP contribution in [0, 0.1) is 0 Å². The minimum atomic E-state index is 0.0582. The van der Waals surface area contributed by atoms with Crippen LogP contribution in [-0.2, 0) is 11.3 Å². The number of carbonyl (C=O) groups is 1. The van der Waals surface area contributed by atoms with Crippen LogP contribution in [-0.4, -0.2) is 33.7 Å². The smallest absolute Gasteiger partial charge is 0.246 e. The predicted molar refractivity (Wildman–Crippen MR) is 98.0 cm³/mol. The molecule has 0 saturated heterocycles. The molecule has 1 amide bonds. The van der Waals surface area contributed by atoms with Crippen LogP contribution in [0.4, 0.5) is 0 Å². The molecule has 5 nitrogen and oxygen atoms in total. The van der Waals surface area contributed by atoms with Crippen molar-refractivity contribution in [3.8, 4) is 11.4 Å². The molecule has 0 aliphatic rings. The number of thioether (sulfide) groups is 1. The first-order valence-electron chi connectivity index (χ1n) is 8.02.